The molecule has 0 aliphatic carbocycles. The van der Waals surface area contributed by atoms with Gasteiger partial charge < -0.3 is 10.0 Å². The van der Waals surface area contributed by atoms with Gasteiger partial charge in [0, 0.05) is 22.7 Å². The fourth-order valence-corrected chi connectivity index (χ4v) is 2.82. The number of nitrogens with zero attached hydrogens (tertiary/aromatic N) is 2. The number of halogens is 1. The first-order chi connectivity index (χ1) is 8.61. The summed E-state index contributed by atoms with van der Waals surface area (Å²) in [4.78, 5) is 12.9. The molecule has 1 aromatic rings. The monoisotopic (exact) mass is 308 g/mol. The van der Waals surface area contributed by atoms with Crippen molar-refractivity contribution < 1.29 is 9.90 Å². The Labute approximate surface area is 114 Å². The fraction of sp³-hybridized carbons (Fsp3) is 0.385. The van der Waals surface area contributed by atoms with Crippen LogP contribution in [0, 0.1) is 11.3 Å². The van der Waals surface area contributed by atoms with Crippen LogP contribution in [0.25, 0.3) is 0 Å². The third-order valence-electron chi connectivity index (χ3n) is 3.19. The lowest BCUT2D eigenvalue weighted by atomic mass is 10.1. The van der Waals surface area contributed by atoms with Crippen LogP contribution in [-0.4, -0.2) is 23.7 Å². The van der Waals surface area contributed by atoms with Gasteiger partial charge >= 0.3 is 5.97 Å². The summed E-state index contributed by atoms with van der Waals surface area (Å²) in [6.45, 7) is 0.871. The molecule has 1 aliphatic heterocycles. The van der Waals surface area contributed by atoms with Gasteiger partial charge in [0.15, 0.2) is 0 Å². The molecule has 5 heteroatoms. The van der Waals surface area contributed by atoms with Crippen molar-refractivity contribution in [3.8, 4) is 6.07 Å². The minimum atomic E-state index is -0.764. The number of carboxylic acids is 1. The first kappa shape index (κ1) is 12.9. The molecule has 1 saturated heterocycles. The van der Waals surface area contributed by atoms with Gasteiger partial charge in [-0.2, -0.15) is 5.26 Å². The Morgan fingerprint density at radius 1 is 1.61 bits per heavy atom. The van der Waals surface area contributed by atoms with Gasteiger partial charge in [-0.15, -0.1) is 0 Å². The summed E-state index contributed by atoms with van der Waals surface area (Å²) >= 11 is 3.36. The third-order valence-corrected chi connectivity index (χ3v) is 3.85. The number of carboxylic acid groups (broad SMARTS) is 1. The molecule has 1 N–H and O–H groups in total. The van der Waals surface area contributed by atoms with Crippen LogP contribution in [0.3, 0.4) is 0 Å². The highest BCUT2D eigenvalue weighted by Crippen LogP contribution is 2.30. The van der Waals surface area contributed by atoms with E-state index in [-0.39, 0.29) is 12.5 Å². The van der Waals surface area contributed by atoms with E-state index in [2.05, 4.69) is 26.9 Å². The van der Waals surface area contributed by atoms with E-state index in [1.54, 1.807) is 6.07 Å². The van der Waals surface area contributed by atoms with Gasteiger partial charge in [-0.1, -0.05) is 0 Å². The van der Waals surface area contributed by atoms with Crippen molar-refractivity contribution in [3.63, 3.8) is 0 Å². The van der Waals surface area contributed by atoms with E-state index < -0.39 is 5.97 Å². The van der Waals surface area contributed by atoms with Crippen molar-refractivity contribution in [2.75, 3.05) is 11.4 Å². The largest absolute Gasteiger partial charge is 0.481 e. The zero-order valence-electron chi connectivity index (χ0n) is 9.77. The standard InChI is InChI=1S/C13H13BrN2O2/c14-12-6-11(4-3-9(12)8-15)16-5-1-2-10(16)7-13(17)18/h3-4,6,10H,1-2,5,7H2,(H,17,18). The lowest BCUT2D eigenvalue weighted by Gasteiger charge is -2.26. The Bertz CT molecular complexity index is 510. The van der Waals surface area contributed by atoms with Crippen molar-refractivity contribution in [2.45, 2.75) is 25.3 Å². The van der Waals surface area contributed by atoms with Crippen LogP contribution in [-0.2, 0) is 4.79 Å². The molecule has 0 aromatic heterocycles. The number of aliphatic carboxylic acids is 1. The predicted octanol–water partition coefficient (Wildman–Crippen LogP) is 2.76. The van der Waals surface area contributed by atoms with E-state index in [4.69, 9.17) is 10.4 Å². The summed E-state index contributed by atoms with van der Waals surface area (Å²) in [6, 6.07) is 7.68. The molecule has 94 valence electrons. The lowest BCUT2D eigenvalue weighted by molar-refractivity contribution is -0.137. The molecular weight excluding hydrogens is 296 g/mol. The zero-order chi connectivity index (χ0) is 13.1. The minimum Gasteiger partial charge on any atom is -0.481 e. The topological polar surface area (TPSA) is 64.3 Å². The van der Waals surface area contributed by atoms with Crippen molar-refractivity contribution in [2.24, 2.45) is 0 Å². The molecule has 0 saturated carbocycles. The first-order valence-electron chi connectivity index (χ1n) is 5.80. The molecular formula is C13H13BrN2O2. The fourth-order valence-electron chi connectivity index (χ4n) is 2.36. The van der Waals surface area contributed by atoms with E-state index in [1.165, 1.54) is 0 Å². The third kappa shape index (κ3) is 2.65. The average Bonchev–Trinajstić information content (AvgIpc) is 2.76. The van der Waals surface area contributed by atoms with E-state index in [1.807, 2.05) is 12.1 Å². The maximum absolute atomic E-state index is 10.8. The highest BCUT2D eigenvalue weighted by Gasteiger charge is 2.27. The highest BCUT2D eigenvalue weighted by molar-refractivity contribution is 9.10. The van der Waals surface area contributed by atoms with Crippen molar-refractivity contribution in [1.29, 1.82) is 5.26 Å². The first-order valence-corrected chi connectivity index (χ1v) is 6.59. The molecule has 1 aromatic carbocycles. The van der Waals surface area contributed by atoms with Gasteiger partial charge in [-0.25, -0.2) is 0 Å². The van der Waals surface area contributed by atoms with Crippen LogP contribution in [0.4, 0.5) is 5.69 Å². The van der Waals surface area contributed by atoms with Crippen LogP contribution < -0.4 is 4.90 Å². The van der Waals surface area contributed by atoms with Gasteiger partial charge in [-0.05, 0) is 47.0 Å². The van der Waals surface area contributed by atoms with E-state index in [9.17, 15) is 4.79 Å². The van der Waals surface area contributed by atoms with Crippen LogP contribution in [0.15, 0.2) is 22.7 Å². The van der Waals surface area contributed by atoms with Crippen LogP contribution in [0.1, 0.15) is 24.8 Å². The molecule has 1 heterocycles. The van der Waals surface area contributed by atoms with Crippen molar-refractivity contribution >= 4 is 27.6 Å². The summed E-state index contributed by atoms with van der Waals surface area (Å²) in [5.74, 6) is -0.764. The minimum absolute atomic E-state index is 0.0577. The number of hydrogen-bond donors (Lipinski definition) is 1. The molecule has 1 unspecified atom stereocenters. The van der Waals surface area contributed by atoms with Crippen LogP contribution >= 0.6 is 15.9 Å². The summed E-state index contributed by atoms with van der Waals surface area (Å²) in [5, 5.41) is 17.8. The highest BCUT2D eigenvalue weighted by atomic mass is 79.9. The number of hydrogen-bond acceptors (Lipinski definition) is 3. The Morgan fingerprint density at radius 2 is 2.39 bits per heavy atom. The summed E-state index contributed by atoms with van der Waals surface area (Å²) in [6.07, 6.45) is 2.08. The molecule has 1 aliphatic rings. The van der Waals surface area contributed by atoms with Gasteiger partial charge in [0.2, 0.25) is 0 Å². The summed E-state index contributed by atoms with van der Waals surface area (Å²) < 4.78 is 0.753. The molecule has 0 bridgehead atoms. The molecule has 1 atom stereocenters. The normalized spacial score (nSPS) is 18.7. The number of nitriles is 1. The number of rotatable bonds is 3. The molecule has 4 nitrogen and oxygen atoms in total. The van der Waals surface area contributed by atoms with Gasteiger partial charge in [0.1, 0.15) is 6.07 Å². The zero-order valence-corrected chi connectivity index (χ0v) is 11.4. The van der Waals surface area contributed by atoms with E-state index in [0.717, 1.165) is 29.5 Å². The smallest absolute Gasteiger partial charge is 0.305 e. The Kier molecular flexibility index (Phi) is 3.87. The molecule has 0 radical (unpaired) electrons. The van der Waals surface area contributed by atoms with Crippen LogP contribution in [0.5, 0.6) is 0 Å². The number of benzene rings is 1. The maximum Gasteiger partial charge on any atom is 0.305 e. The van der Waals surface area contributed by atoms with E-state index >= 15 is 0 Å². The van der Waals surface area contributed by atoms with Crippen LogP contribution in [0.2, 0.25) is 0 Å². The van der Waals surface area contributed by atoms with Gasteiger partial charge in [0.25, 0.3) is 0 Å². The quantitative estimate of drug-likeness (QED) is 0.932. The van der Waals surface area contributed by atoms with E-state index in [0.29, 0.717) is 5.56 Å². The Morgan fingerprint density at radius 3 is 3.00 bits per heavy atom. The lowest BCUT2D eigenvalue weighted by Crippen LogP contribution is -2.31. The van der Waals surface area contributed by atoms with Crippen molar-refractivity contribution in [3.05, 3.63) is 28.2 Å². The molecule has 0 spiro atoms. The van der Waals surface area contributed by atoms with Crippen molar-refractivity contribution in [1.82, 2.24) is 0 Å². The Hall–Kier alpha value is -1.54. The average molecular weight is 309 g/mol. The summed E-state index contributed by atoms with van der Waals surface area (Å²) in [7, 11) is 0. The Balaban J connectivity index is 2.23. The molecule has 2 rings (SSSR count). The van der Waals surface area contributed by atoms with Gasteiger partial charge in [-0.3, -0.25) is 4.79 Å². The van der Waals surface area contributed by atoms with Gasteiger partial charge in [0.05, 0.1) is 12.0 Å². The predicted molar refractivity (Wildman–Crippen MR) is 71.5 cm³/mol. The number of carbonyl (C=O) groups is 1. The number of anilines is 1. The second-order valence-electron chi connectivity index (χ2n) is 4.36. The molecule has 1 fully saturated rings. The second kappa shape index (κ2) is 5.40. The second-order valence-corrected chi connectivity index (χ2v) is 5.22. The summed E-state index contributed by atoms with van der Waals surface area (Å²) in [5.41, 5.74) is 1.57. The maximum atomic E-state index is 10.8. The molecule has 0 amide bonds. The SMILES string of the molecule is N#Cc1ccc(N2CCCC2CC(=O)O)cc1Br. The molecule has 18 heavy (non-hydrogen) atoms.